The van der Waals surface area contributed by atoms with E-state index in [4.69, 9.17) is 4.74 Å². The average molecular weight is 569 g/mol. The Balaban J connectivity index is 1.12. The number of pyridine rings is 2. The lowest BCUT2D eigenvalue weighted by atomic mass is 10.1. The van der Waals surface area contributed by atoms with Crippen molar-refractivity contribution < 1.29 is 30.7 Å². The number of nitrogens with one attached hydrogen (secondary N) is 2. The fraction of sp³-hybridized carbons (Fsp3) is 0.214. The minimum Gasteiger partial charge on any atom is -0.379 e. The van der Waals surface area contributed by atoms with E-state index < -0.39 is 20.0 Å². The molecule has 0 aliphatic rings. The van der Waals surface area contributed by atoms with Crippen molar-refractivity contribution in [3.8, 4) is 22.3 Å². The Morgan fingerprint density at radius 2 is 0.846 bits per heavy atom. The maximum atomic E-state index is 12.4. The third-order valence-corrected chi connectivity index (χ3v) is 8.34. The summed E-state index contributed by atoms with van der Waals surface area (Å²) in [5, 5.41) is 0. The number of aromatic nitrogens is 2. The summed E-state index contributed by atoms with van der Waals surface area (Å²) in [5.41, 5.74) is 4.12. The van der Waals surface area contributed by atoms with Crippen molar-refractivity contribution >= 4 is 20.0 Å². The van der Waals surface area contributed by atoms with E-state index in [2.05, 4.69) is 9.44 Å². The summed E-state index contributed by atoms with van der Waals surface area (Å²) < 4.78 is 63.0. The minimum atomic E-state index is -3.56. The van der Waals surface area contributed by atoms with Gasteiger partial charge in [-0.2, -0.15) is 9.13 Å². The molecule has 2 aromatic carbocycles. The smallest absolute Gasteiger partial charge is 0.273 e. The molecule has 39 heavy (non-hydrogen) atoms. The van der Waals surface area contributed by atoms with Crippen LogP contribution in [0.25, 0.3) is 22.3 Å². The Hall–Kier alpha value is -3.48. The van der Waals surface area contributed by atoms with Crippen molar-refractivity contribution in [2.45, 2.75) is 11.8 Å². The molecule has 2 N–H and O–H groups in total. The normalized spacial score (nSPS) is 11.9. The molecule has 0 bridgehead atoms. The molecule has 0 aliphatic heterocycles. The minimum absolute atomic E-state index is 0.0847. The van der Waals surface area contributed by atoms with Gasteiger partial charge in [-0.25, -0.2) is 26.3 Å². The van der Waals surface area contributed by atoms with Crippen LogP contribution in [0.15, 0.2) is 110 Å². The van der Waals surface area contributed by atoms with Gasteiger partial charge in [0.05, 0.1) is 13.2 Å². The molecule has 0 fully saturated rings. The van der Waals surface area contributed by atoms with E-state index in [0.717, 1.165) is 22.3 Å². The second-order valence-electron chi connectivity index (χ2n) is 8.82. The van der Waals surface area contributed by atoms with Crippen LogP contribution in [0.1, 0.15) is 0 Å². The van der Waals surface area contributed by atoms with Gasteiger partial charge in [0, 0.05) is 37.4 Å². The monoisotopic (exact) mass is 568 g/mol. The molecular weight excluding hydrogens is 536 g/mol. The maximum absolute atomic E-state index is 12.4. The molecule has 2 heterocycles. The summed E-state index contributed by atoms with van der Waals surface area (Å²) in [6, 6.07) is 27.1. The first-order valence-electron chi connectivity index (χ1n) is 12.4. The Labute approximate surface area is 229 Å². The van der Waals surface area contributed by atoms with Crippen LogP contribution >= 0.6 is 0 Å². The van der Waals surface area contributed by atoms with Crippen LogP contribution in [-0.4, -0.2) is 43.1 Å². The van der Waals surface area contributed by atoms with Gasteiger partial charge in [0.1, 0.15) is 0 Å². The Morgan fingerprint density at radius 1 is 0.513 bits per heavy atom. The molecule has 4 aromatic rings. The van der Waals surface area contributed by atoms with Crippen molar-refractivity contribution in [3.05, 3.63) is 110 Å². The van der Waals surface area contributed by atoms with E-state index in [1.165, 1.54) is 0 Å². The van der Waals surface area contributed by atoms with Gasteiger partial charge >= 0.3 is 0 Å². The summed E-state index contributed by atoms with van der Waals surface area (Å²) in [4.78, 5) is 0. The zero-order valence-corrected chi connectivity index (χ0v) is 23.0. The molecule has 0 unspecified atom stereocenters. The molecule has 2 aromatic heterocycles. The van der Waals surface area contributed by atoms with E-state index >= 15 is 0 Å². The highest BCUT2D eigenvalue weighted by atomic mass is 32.2. The summed E-state index contributed by atoms with van der Waals surface area (Å²) in [6.45, 7) is 0.408. The topological polar surface area (TPSA) is 109 Å². The molecule has 4 rings (SSSR count). The van der Waals surface area contributed by atoms with Crippen LogP contribution in [0.4, 0.5) is 0 Å². The number of ether oxygens (including phenoxy) is 1. The Kier molecular flexibility index (Phi) is 9.90. The summed E-state index contributed by atoms with van der Waals surface area (Å²) in [6.07, 6.45) is 6.89. The SMILES string of the molecule is O=S(=O)(C[n+]1ccc(-c2ccccc2)cc1)NCCOCCNS(=O)(=O)C[n+]1ccc(-c2ccccc2)cc1. The Morgan fingerprint density at radius 3 is 1.21 bits per heavy atom. The molecule has 0 radical (unpaired) electrons. The third-order valence-electron chi connectivity index (χ3n) is 5.77. The van der Waals surface area contributed by atoms with Gasteiger partial charge < -0.3 is 4.74 Å². The lowest BCUT2D eigenvalue weighted by molar-refractivity contribution is -0.677. The van der Waals surface area contributed by atoms with Crippen LogP contribution in [-0.2, 0) is 36.5 Å². The van der Waals surface area contributed by atoms with E-state index in [0.29, 0.717) is 0 Å². The molecule has 0 saturated heterocycles. The molecule has 204 valence electrons. The number of hydrogen-bond acceptors (Lipinski definition) is 5. The lowest BCUT2D eigenvalue weighted by Crippen LogP contribution is -2.43. The summed E-state index contributed by atoms with van der Waals surface area (Å²) in [7, 11) is -7.13. The fourth-order valence-electron chi connectivity index (χ4n) is 3.86. The fourth-order valence-corrected chi connectivity index (χ4v) is 5.96. The molecule has 9 nitrogen and oxygen atoms in total. The second-order valence-corrected chi connectivity index (χ2v) is 12.4. The molecule has 0 spiro atoms. The number of rotatable bonds is 14. The van der Waals surface area contributed by atoms with Gasteiger partial charge in [0.25, 0.3) is 31.8 Å². The zero-order valence-electron chi connectivity index (χ0n) is 21.4. The molecule has 0 amide bonds. The molecule has 0 saturated carbocycles. The van der Waals surface area contributed by atoms with E-state index in [-0.39, 0.29) is 38.1 Å². The van der Waals surface area contributed by atoms with Gasteiger partial charge in [-0.1, -0.05) is 60.7 Å². The standard InChI is InChI=1S/C28H32N4O5S2/c33-38(34,23-31-17-11-27(12-18-31)25-7-3-1-4-8-25)29-15-21-37-22-16-30-39(35,36)24-32-19-13-28(14-20-32)26-9-5-2-6-10-26/h1-14,17-20,29-30H,15-16,21-24H2/q+2. The van der Waals surface area contributed by atoms with E-state index in [1.807, 2.05) is 84.9 Å². The zero-order chi connectivity index (χ0) is 27.6. The maximum Gasteiger partial charge on any atom is 0.273 e. The molecule has 0 aliphatic carbocycles. The quantitative estimate of drug-likeness (QED) is 0.179. The first-order valence-corrected chi connectivity index (χ1v) is 15.7. The van der Waals surface area contributed by atoms with Crippen LogP contribution in [0.3, 0.4) is 0 Å². The Bertz CT molecular complexity index is 1410. The largest absolute Gasteiger partial charge is 0.379 e. The number of sulfonamides is 2. The second kappa shape index (κ2) is 13.5. The van der Waals surface area contributed by atoms with Gasteiger partial charge in [-0.05, 0) is 22.3 Å². The van der Waals surface area contributed by atoms with Crippen molar-refractivity contribution in [2.24, 2.45) is 0 Å². The first kappa shape index (κ1) is 28.5. The van der Waals surface area contributed by atoms with Gasteiger partial charge in [-0.3, -0.25) is 0 Å². The van der Waals surface area contributed by atoms with E-state index in [1.54, 1.807) is 33.9 Å². The molecule has 11 heteroatoms. The number of benzene rings is 2. The number of hydrogen-bond donors (Lipinski definition) is 2. The van der Waals surface area contributed by atoms with Gasteiger partial charge in [-0.15, -0.1) is 0 Å². The third kappa shape index (κ3) is 9.34. The highest BCUT2D eigenvalue weighted by Crippen LogP contribution is 2.17. The van der Waals surface area contributed by atoms with Gasteiger partial charge in [0.2, 0.25) is 0 Å². The van der Waals surface area contributed by atoms with Crippen LogP contribution in [0, 0.1) is 0 Å². The van der Waals surface area contributed by atoms with Crippen molar-refractivity contribution in [1.29, 1.82) is 0 Å². The molecular formula is C28H32N4O5S2+2. The average Bonchev–Trinajstić information content (AvgIpc) is 2.94. The first-order chi connectivity index (χ1) is 18.8. The highest BCUT2D eigenvalue weighted by Gasteiger charge is 2.18. The lowest BCUT2D eigenvalue weighted by Gasteiger charge is -2.07. The highest BCUT2D eigenvalue weighted by molar-refractivity contribution is 7.88. The summed E-state index contributed by atoms with van der Waals surface area (Å²) >= 11 is 0. The predicted molar refractivity (Wildman–Crippen MR) is 149 cm³/mol. The molecule has 0 atom stereocenters. The van der Waals surface area contributed by atoms with Gasteiger partial charge in [0.15, 0.2) is 24.8 Å². The predicted octanol–water partition coefficient (Wildman–Crippen LogP) is 2.07. The van der Waals surface area contributed by atoms with Crippen molar-refractivity contribution in [1.82, 2.24) is 9.44 Å². The van der Waals surface area contributed by atoms with Crippen LogP contribution in [0.5, 0.6) is 0 Å². The van der Waals surface area contributed by atoms with Crippen molar-refractivity contribution in [2.75, 3.05) is 26.3 Å². The van der Waals surface area contributed by atoms with Crippen molar-refractivity contribution in [3.63, 3.8) is 0 Å². The summed E-state index contributed by atoms with van der Waals surface area (Å²) in [5.74, 6) is -0.433. The van der Waals surface area contributed by atoms with E-state index in [9.17, 15) is 16.8 Å². The van der Waals surface area contributed by atoms with Crippen LogP contribution in [0.2, 0.25) is 0 Å². The van der Waals surface area contributed by atoms with Crippen LogP contribution < -0.4 is 18.6 Å². The number of nitrogens with zero attached hydrogens (tertiary/aromatic N) is 2.